The van der Waals surface area contributed by atoms with E-state index in [0.717, 1.165) is 18.9 Å². The van der Waals surface area contributed by atoms with Crippen LogP contribution in [0.2, 0.25) is 45.3 Å². The summed E-state index contributed by atoms with van der Waals surface area (Å²) in [5.41, 5.74) is -0.233. The van der Waals surface area contributed by atoms with E-state index >= 15 is 0 Å². The number of hydrogen-bond donors (Lipinski definition) is 1. The van der Waals surface area contributed by atoms with Crippen molar-refractivity contribution in [2.24, 2.45) is 5.41 Å². The molecular formula is C15H37O6Si4. The van der Waals surface area contributed by atoms with Crippen LogP contribution in [0, 0.1) is 5.41 Å². The topological polar surface area (TPSA) is 66.4 Å². The summed E-state index contributed by atoms with van der Waals surface area (Å²) in [5, 5.41) is 10.1. The van der Waals surface area contributed by atoms with Crippen LogP contribution in [0.25, 0.3) is 0 Å². The lowest BCUT2D eigenvalue weighted by atomic mass is 9.89. The van der Waals surface area contributed by atoms with Gasteiger partial charge in [0.15, 0.2) is 6.29 Å². The van der Waals surface area contributed by atoms with Crippen molar-refractivity contribution in [1.82, 2.24) is 0 Å². The highest BCUT2D eigenvalue weighted by Crippen LogP contribution is 2.28. The first-order valence-corrected chi connectivity index (χ1v) is 19.1. The van der Waals surface area contributed by atoms with E-state index in [1.54, 1.807) is 0 Å². The Bertz CT molecular complexity index is 408. The molecule has 1 N–H and O–H groups in total. The van der Waals surface area contributed by atoms with Gasteiger partial charge in [-0.15, -0.1) is 0 Å². The Hall–Kier alpha value is 0.628. The van der Waals surface area contributed by atoms with E-state index in [1.165, 1.54) is 0 Å². The van der Waals surface area contributed by atoms with Gasteiger partial charge in [-0.05, 0) is 58.2 Å². The van der Waals surface area contributed by atoms with E-state index < -0.39 is 41.3 Å². The highest BCUT2D eigenvalue weighted by atomic mass is 28.5. The van der Waals surface area contributed by atoms with Gasteiger partial charge in [-0.25, -0.2) is 0 Å². The van der Waals surface area contributed by atoms with E-state index in [2.05, 4.69) is 46.2 Å². The summed E-state index contributed by atoms with van der Waals surface area (Å²) in [6, 6.07) is 0.797. The summed E-state index contributed by atoms with van der Waals surface area (Å²) < 4.78 is 30.8. The summed E-state index contributed by atoms with van der Waals surface area (Å²) in [7, 11) is -8.22. The summed E-state index contributed by atoms with van der Waals surface area (Å²) in [6.07, 6.45) is 0.911. The fourth-order valence-corrected chi connectivity index (χ4v) is 20.0. The Kier molecular flexibility index (Phi) is 8.29. The van der Waals surface area contributed by atoms with Gasteiger partial charge in [0.05, 0.1) is 0 Å². The van der Waals surface area contributed by atoms with Crippen LogP contribution in [-0.4, -0.2) is 53.0 Å². The van der Waals surface area contributed by atoms with Crippen molar-refractivity contribution in [2.45, 2.75) is 85.2 Å². The van der Waals surface area contributed by atoms with E-state index in [9.17, 15) is 5.11 Å². The van der Waals surface area contributed by atoms with Crippen molar-refractivity contribution in [3.05, 3.63) is 0 Å². The van der Waals surface area contributed by atoms with Crippen LogP contribution in [0.4, 0.5) is 0 Å². The molecule has 0 aromatic carbocycles. The average Bonchev–Trinajstić information content (AvgIpc) is 2.38. The molecule has 1 aliphatic rings. The summed E-state index contributed by atoms with van der Waals surface area (Å²) in [6.45, 7) is 18.9. The van der Waals surface area contributed by atoms with Crippen molar-refractivity contribution in [3.63, 3.8) is 0 Å². The van der Waals surface area contributed by atoms with Gasteiger partial charge < -0.3 is 26.3 Å². The zero-order valence-corrected chi connectivity index (χ0v) is 21.4. The third kappa shape index (κ3) is 8.45. The van der Waals surface area contributed by atoms with Crippen molar-refractivity contribution < 1.29 is 26.3 Å². The monoisotopic (exact) mass is 425 g/mol. The normalized spacial score (nSPS) is 25.2. The van der Waals surface area contributed by atoms with E-state index in [-0.39, 0.29) is 5.41 Å². The molecular weight excluding hydrogens is 389 g/mol. The number of aliphatic hydroxyl groups is 1. The first-order valence-electron chi connectivity index (χ1n) is 9.12. The first-order chi connectivity index (χ1) is 11.2. The first kappa shape index (κ1) is 23.7. The lowest BCUT2D eigenvalue weighted by molar-refractivity contribution is -0.165. The minimum atomic E-state index is -2.26. The molecule has 0 bridgehead atoms. The lowest BCUT2D eigenvalue weighted by Gasteiger charge is -2.43. The Balaban J connectivity index is 2.57. The number of aliphatic hydroxyl groups excluding tert-OH is 1. The van der Waals surface area contributed by atoms with Gasteiger partial charge in [-0.3, -0.25) is 0 Å². The van der Waals surface area contributed by atoms with Crippen LogP contribution in [0.15, 0.2) is 0 Å². The molecule has 1 atom stereocenters. The average molecular weight is 426 g/mol. The highest BCUT2D eigenvalue weighted by Gasteiger charge is 2.47. The molecule has 1 heterocycles. The molecule has 0 aromatic rings. The molecule has 1 unspecified atom stereocenters. The standard InChI is InChI=1S/C15H37O6Si4/c1-10-15(2,3)14(16)17-12-11-13-22-18-23(4,5)20-25(8,9)21-24(6,7)19-22/h14,16H,10-13H2,1-9H3. The van der Waals surface area contributed by atoms with E-state index in [4.69, 9.17) is 21.2 Å². The zero-order chi connectivity index (χ0) is 19.5. The maximum absolute atomic E-state index is 10.1. The van der Waals surface area contributed by atoms with Crippen molar-refractivity contribution in [2.75, 3.05) is 6.61 Å². The summed E-state index contributed by atoms with van der Waals surface area (Å²) in [4.78, 5) is 0. The van der Waals surface area contributed by atoms with Crippen molar-refractivity contribution in [1.29, 1.82) is 0 Å². The van der Waals surface area contributed by atoms with Gasteiger partial charge in [-0.1, -0.05) is 20.8 Å². The minimum absolute atomic E-state index is 0.233. The van der Waals surface area contributed by atoms with Gasteiger partial charge in [0, 0.05) is 12.0 Å². The Morgan fingerprint density at radius 2 is 1.44 bits per heavy atom. The SMILES string of the molecule is CCC(C)(C)C(O)OCCC[Si]1O[Si](C)(C)O[Si](C)(C)O[Si](C)(C)O1. The predicted molar refractivity (Wildman–Crippen MR) is 108 cm³/mol. The lowest BCUT2D eigenvalue weighted by Crippen LogP contribution is -2.61. The molecule has 0 aliphatic carbocycles. The number of hydrogen-bond acceptors (Lipinski definition) is 6. The minimum Gasteiger partial charge on any atom is -0.416 e. The van der Waals surface area contributed by atoms with Gasteiger partial charge >= 0.3 is 35.0 Å². The smallest absolute Gasteiger partial charge is 0.365 e. The fourth-order valence-electron chi connectivity index (χ4n) is 2.73. The largest absolute Gasteiger partial charge is 0.416 e. The quantitative estimate of drug-likeness (QED) is 0.380. The molecule has 1 fully saturated rings. The molecule has 0 saturated carbocycles. The van der Waals surface area contributed by atoms with Crippen LogP contribution in [0.5, 0.6) is 0 Å². The van der Waals surface area contributed by atoms with Gasteiger partial charge in [-0.2, -0.15) is 0 Å². The molecule has 0 amide bonds. The number of ether oxygens (including phenoxy) is 1. The Labute approximate surface area is 158 Å². The van der Waals surface area contributed by atoms with Crippen molar-refractivity contribution in [3.8, 4) is 0 Å². The second-order valence-corrected chi connectivity index (χ2v) is 21.6. The van der Waals surface area contributed by atoms with E-state index in [1.807, 2.05) is 13.8 Å². The van der Waals surface area contributed by atoms with Gasteiger partial charge in [0.25, 0.3) is 0 Å². The molecule has 1 rings (SSSR count). The van der Waals surface area contributed by atoms with Crippen LogP contribution in [0.1, 0.15) is 33.6 Å². The zero-order valence-electron chi connectivity index (χ0n) is 17.4. The maximum Gasteiger partial charge on any atom is 0.365 e. The number of rotatable bonds is 7. The fraction of sp³-hybridized carbons (Fsp3) is 1.00. The van der Waals surface area contributed by atoms with Crippen LogP contribution < -0.4 is 0 Å². The second kappa shape index (κ2) is 8.76. The molecule has 149 valence electrons. The molecule has 25 heavy (non-hydrogen) atoms. The van der Waals surface area contributed by atoms with Crippen molar-refractivity contribution >= 4 is 35.0 Å². The summed E-state index contributed by atoms with van der Waals surface area (Å²) in [5.74, 6) is 0. The molecule has 10 heteroatoms. The molecule has 1 radical (unpaired) electrons. The Morgan fingerprint density at radius 3 is 1.88 bits per heavy atom. The molecule has 0 aromatic heterocycles. The van der Waals surface area contributed by atoms with Crippen LogP contribution in [0.3, 0.4) is 0 Å². The predicted octanol–water partition coefficient (Wildman–Crippen LogP) is 3.82. The highest BCUT2D eigenvalue weighted by molar-refractivity contribution is 6.89. The van der Waals surface area contributed by atoms with Gasteiger partial charge in [0.1, 0.15) is 0 Å². The second-order valence-electron chi connectivity index (χ2n) is 8.65. The molecule has 0 spiro atoms. The maximum atomic E-state index is 10.1. The van der Waals surface area contributed by atoms with Gasteiger partial charge in [0.2, 0.25) is 0 Å². The van der Waals surface area contributed by atoms with Crippen LogP contribution >= 0.6 is 0 Å². The third-order valence-corrected chi connectivity index (χ3v) is 18.5. The molecule has 1 saturated heterocycles. The summed E-state index contributed by atoms with van der Waals surface area (Å²) >= 11 is 0. The van der Waals surface area contributed by atoms with E-state index in [0.29, 0.717) is 6.61 Å². The Morgan fingerprint density at radius 1 is 0.960 bits per heavy atom. The van der Waals surface area contributed by atoms with Crippen LogP contribution in [-0.2, 0) is 21.2 Å². The molecule has 6 nitrogen and oxygen atoms in total. The third-order valence-electron chi connectivity index (χ3n) is 4.08. The molecule has 1 aliphatic heterocycles.